The number of ether oxygens (including phenoxy) is 2. The molecule has 2 aromatic rings. The molecule has 0 saturated carbocycles. The number of benzene rings is 2. The van der Waals surface area contributed by atoms with Gasteiger partial charge in [0.2, 0.25) is 0 Å². The summed E-state index contributed by atoms with van der Waals surface area (Å²) >= 11 is 6.24. The summed E-state index contributed by atoms with van der Waals surface area (Å²) in [6.07, 6.45) is 0.701. The SMILES string of the molecule is CC#CC(CC(=O)O)c1ccc(OCC(CO)COc2ccc(C#CCC)c(Cl)c2)cc1. The Morgan fingerprint density at radius 2 is 1.75 bits per heavy atom. The first kappa shape index (κ1) is 25.1. The maximum atomic E-state index is 11.0. The standard InChI is InChI=1S/C26H27ClO5/c1-3-5-7-21-10-13-24(15-25(21)27)32-18-19(16-28)17-31-23-11-8-20(9-12-23)22(6-4-2)14-26(29)30/h8-13,15,19,22,28H,3,14,16-18H2,1-2H3,(H,29,30). The van der Waals surface area contributed by atoms with Crippen molar-refractivity contribution in [3.8, 4) is 35.2 Å². The molecule has 0 saturated heterocycles. The third-order valence-corrected chi connectivity index (χ3v) is 4.86. The number of aliphatic hydroxyl groups is 1. The normalized spacial score (nSPS) is 11.9. The van der Waals surface area contributed by atoms with Crippen molar-refractivity contribution in [2.75, 3.05) is 19.8 Å². The zero-order valence-electron chi connectivity index (χ0n) is 18.2. The molecule has 0 aliphatic heterocycles. The highest BCUT2D eigenvalue weighted by Gasteiger charge is 2.14. The number of hydrogen-bond acceptors (Lipinski definition) is 4. The van der Waals surface area contributed by atoms with Crippen LogP contribution in [0.3, 0.4) is 0 Å². The van der Waals surface area contributed by atoms with Crippen molar-refractivity contribution in [3.05, 3.63) is 58.6 Å². The lowest BCUT2D eigenvalue weighted by molar-refractivity contribution is -0.137. The molecule has 2 atom stereocenters. The molecule has 0 aromatic heterocycles. The van der Waals surface area contributed by atoms with Crippen molar-refractivity contribution in [3.63, 3.8) is 0 Å². The lowest BCUT2D eigenvalue weighted by atomic mass is 9.96. The second-order valence-corrected chi connectivity index (χ2v) is 7.49. The Morgan fingerprint density at radius 1 is 1.09 bits per heavy atom. The van der Waals surface area contributed by atoms with Crippen molar-refractivity contribution >= 4 is 17.6 Å². The molecule has 2 unspecified atom stereocenters. The molecule has 0 bridgehead atoms. The zero-order valence-corrected chi connectivity index (χ0v) is 19.0. The van der Waals surface area contributed by atoms with E-state index in [1.54, 1.807) is 31.2 Å². The van der Waals surface area contributed by atoms with E-state index in [0.29, 0.717) is 16.5 Å². The van der Waals surface area contributed by atoms with Crippen molar-refractivity contribution < 1.29 is 24.5 Å². The van der Waals surface area contributed by atoms with Crippen LogP contribution < -0.4 is 9.47 Å². The van der Waals surface area contributed by atoms with Crippen LogP contribution >= 0.6 is 11.6 Å². The molecule has 32 heavy (non-hydrogen) atoms. The van der Waals surface area contributed by atoms with Gasteiger partial charge < -0.3 is 19.7 Å². The van der Waals surface area contributed by atoms with Crippen LogP contribution in [0.2, 0.25) is 5.02 Å². The average Bonchev–Trinajstić information content (AvgIpc) is 2.78. The Balaban J connectivity index is 1.91. The highest BCUT2D eigenvalue weighted by Crippen LogP contribution is 2.24. The van der Waals surface area contributed by atoms with E-state index in [4.69, 9.17) is 26.2 Å². The van der Waals surface area contributed by atoms with E-state index < -0.39 is 5.97 Å². The molecule has 0 heterocycles. The molecule has 0 fully saturated rings. The lowest BCUT2D eigenvalue weighted by Gasteiger charge is -2.17. The first-order valence-corrected chi connectivity index (χ1v) is 10.7. The molecule has 0 radical (unpaired) electrons. The maximum absolute atomic E-state index is 11.0. The number of rotatable bonds is 10. The second-order valence-electron chi connectivity index (χ2n) is 7.08. The Hall–Kier alpha value is -3.12. The Kier molecular flexibility index (Phi) is 10.5. The van der Waals surface area contributed by atoms with E-state index in [9.17, 15) is 9.90 Å². The fourth-order valence-corrected chi connectivity index (χ4v) is 3.07. The number of carboxylic acid groups (broad SMARTS) is 1. The minimum Gasteiger partial charge on any atom is -0.493 e. The quantitative estimate of drug-likeness (QED) is 0.507. The molecule has 2 rings (SSSR count). The van der Waals surface area contributed by atoms with Crippen LogP contribution in [0.15, 0.2) is 42.5 Å². The summed E-state index contributed by atoms with van der Waals surface area (Å²) in [6.45, 7) is 4.08. The van der Waals surface area contributed by atoms with Gasteiger partial charge in [0.05, 0.1) is 43.1 Å². The van der Waals surface area contributed by atoms with E-state index in [2.05, 4.69) is 23.7 Å². The third kappa shape index (κ3) is 8.19. The van der Waals surface area contributed by atoms with Gasteiger partial charge in [-0.25, -0.2) is 0 Å². The van der Waals surface area contributed by atoms with E-state index in [-0.39, 0.29) is 38.1 Å². The predicted molar refractivity (Wildman–Crippen MR) is 125 cm³/mol. The smallest absolute Gasteiger partial charge is 0.304 e. The number of carboxylic acids is 1. The lowest BCUT2D eigenvalue weighted by Crippen LogP contribution is -2.23. The van der Waals surface area contributed by atoms with Crippen molar-refractivity contribution in [1.29, 1.82) is 0 Å². The topological polar surface area (TPSA) is 76.0 Å². The average molecular weight is 455 g/mol. The maximum Gasteiger partial charge on any atom is 0.304 e. The van der Waals surface area contributed by atoms with Gasteiger partial charge in [-0.3, -0.25) is 4.79 Å². The van der Waals surface area contributed by atoms with Gasteiger partial charge in [0, 0.05) is 18.1 Å². The van der Waals surface area contributed by atoms with Gasteiger partial charge in [-0.05, 0) is 36.8 Å². The van der Waals surface area contributed by atoms with E-state index >= 15 is 0 Å². The minimum absolute atomic E-state index is 0.0544. The molecule has 0 amide bonds. The highest BCUT2D eigenvalue weighted by molar-refractivity contribution is 6.31. The summed E-state index contributed by atoms with van der Waals surface area (Å²) in [5.41, 5.74) is 1.57. The van der Waals surface area contributed by atoms with Crippen LogP contribution in [0.5, 0.6) is 11.5 Å². The molecular weight excluding hydrogens is 428 g/mol. The molecule has 5 nitrogen and oxygen atoms in total. The molecule has 2 N–H and O–H groups in total. The van der Waals surface area contributed by atoms with E-state index in [1.807, 2.05) is 25.1 Å². The van der Waals surface area contributed by atoms with E-state index in [0.717, 1.165) is 17.5 Å². The minimum atomic E-state index is -0.895. The summed E-state index contributed by atoms with van der Waals surface area (Å²) in [5, 5.41) is 19.2. The number of hydrogen-bond donors (Lipinski definition) is 2. The van der Waals surface area contributed by atoms with Crippen LogP contribution in [0.1, 0.15) is 43.7 Å². The number of carbonyl (C=O) groups is 1. The molecule has 0 aliphatic rings. The van der Waals surface area contributed by atoms with Crippen molar-refractivity contribution in [2.24, 2.45) is 5.92 Å². The summed E-state index contributed by atoms with van der Waals surface area (Å²) < 4.78 is 11.5. The molecule has 6 heteroatoms. The van der Waals surface area contributed by atoms with Gasteiger partial charge in [-0.15, -0.1) is 5.92 Å². The van der Waals surface area contributed by atoms with Gasteiger partial charge in [0.1, 0.15) is 11.5 Å². The van der Waals surface area contributed by atoms with Gasteiger partial charge >= 0.3 is 5.97 Å². The summed E-state index contributed by atoms with van der Waals surface area (Å²) in [5.74, 6) is 11.4. The van der Waals surface area contributed by atoms with Crippen LogP contribution in [-0.4, -0.2) is 36.0 Å². The molecular formula is C26H27ClO5. The third-order valence-electron chi connectivity index (χ3n) is 4.55. The Labute approximate surface area is 194 Å². The fourth-order valence-electron chi connectivity index (χ4n) is 2.85. The molecule has 2 aromatic carbocycles. The monoisotopic (exact) mass is 454 g/mol. The largest absolute Gasteiger partial charge is 0.493 e. The highest BCUT2D eigenvalue weighted by atomic mass is 35.5. The van der Waals surface area contributed by atoms with Crippen LogP contribution in [0.4, 0.5) is 0 Å². The second kappa shape index (κ2) is 13.3. The number of aliphatic carboxylic acids is 1. The van der Waals surface area contributed by atoms with Gasteiger partial charge in [0.25, 0.3) is 0 Å². The van der Waals surface area contributed by atoms with Crippen LogP contribution in [0, 0.1) is 29.6 Å². The fraction of sp³-hybridized carbons (Fsp3) is 0.346. The van der Waals surface area contributed by atoms with Gasteiger partial charge in [-0.2, -0.15) is 0 Å². The summed E-state index contributed by atoms with van der Waals surface area (Å²) in [7, 11) is 0. The predicted octanol–water partition coefficient (Wildman–Crippen LogP) is 4.75. The summed E-state index contributed by atoms with van der Waals surface area (Å²) in [4.78, 5) is 11.0. The molecule has 0 spiro atoms. The molecule has 0 aliphatic carbocycles. The van der Waals surface area contributed by atoms with Crippen molar-refractivity contribution in [1.82, 2.24) is 0 Å². The van der Waals surface area contributed by atoms with Gasteiger partial charge in [-0.1, -0.05) is 48.4 Å². The number of aliphatic hydroxyl groups excluding tert-OH is 1. The van der Waals surface area contributed by atoms with E-state index in [1.165, 1.54) is 0 Å². The zero-order chi connectivity index (χ0) is 23.3. The first-order chi connectivity index (χ1) is 15.5. The van der Waals surface area contributed by atoms with Crippen molar-refractivity contribution in [2.45, 2.75) is 32.6 Å². The van der Waals surface area contributed by atoms with Crippen LogP contribution in [0.25, 0.3) is 0 Å². The molecule has 168 valence electrons. The van der Waals surface area contributed by atoms with Crippen LogP contribution in [-0.2, 0) is 4.79 Å². The summed E-state index contributed by atoms with van der Waals surface area (Å²) in [6, 6.07) is 12.5. The first-order valence-electron chi connectivity index (χ1n) is 10.4. The van der Waals surface area contributed by atoms with Gasteiger partial charge in [0.15, 0.2) is 0 Å². The number of halogens is 1. The Bertz CT molecular complexity index is 1010. The Morgan fingerprint density at radius 3 is 2.31 bits per heavy atom.